The molecule has 1 aromatic carbocycles. The summed E-state index contributed by atoms with van der Waals surface area (Å²) in [6.45, 7) is 5.57. The summed E-state index contributed by atoms with van der Waals surface area (Å²) in [5.41, 5.74) is 1.22. The summed E-state index contributed by atoms with van der Waals surface area (Å²) >= 11 is 1.46. The fourth-order valence-electron chi connectivity index (χ4n) is 4.73. The van der Waals surface area contributed by atoms with Gasteiger partial charge in [0.25, 0.3) is 0 Å². The van der Waals surface area contributed by atoms with Crippen molar-refractivity contribution in [3.8, 4) is 0 Å². The third kappa shape index (κ3) is 4.23. The van der Waals surface area contributed by atoms with Crippen LogP contribution < -0.4 is 14.7 Å². The van der Waals surface area contributed by atoms with Gasteiger partial charge in [0.1, 0.15) is 0 Å². The van der Waals surface area contributed by atoms with Crippen LogP contribution in [0.15, 0.2) is 30.3 Å². The monoisotopic (exact) mass is 440 g/mol. The van der Waals surface area contributed by atoms with E-state index in [9.17, 15) is 9.59 Å². The van der Waals surface area contributed by atoms with Gasteiger partial charge in [-0.2, -0.15) is 0 Å². The molecule has 3 fully saturated rings. The standard InChI is InChI=1S/C22H28N6O2S/c29-19-9-5-11-28(19)22-24-23-21(31-22)27-10-4-6-17(16-27)20(30)26-14-12-25(13-15-26)18-7-2-1-3-8-18/h1-3,7-8,17H,4-6,9-16H2. The van der Waals surface area contributed by atoms with Crippen molar-refractivity contribution >= 4 is 39.1 Å². The Balaban J connectivity index is 1.18. The molecule has 31 heavy (non-hydrogen) atoms. The molecule has 3 saturated heterocycles. The first-order valence-electron chi connectivity index (χ1n) is 11.2. The van der Waals surface area contributed by atoms with E-state index in [1.807, 2.05) is 11.0 Å². The lowest BCUT2D eigenvalue weighted by Gasteiger charge is -2.39. The van der Waals surface area contributed by atoms with Crippen LogP contribution in [0.25, 0.3) is 0 Å². The molecule has 164 valence electrons. The number of nitrogens with zero attached hydrogens (tertiary/aromatic N) is 6. The highest BCUT2D eigenvalue weighted by molar-refractivity contribution is 7.19. The van der Waals surface area contributed by atoms with Crippen molar-refractivity contribution in [2.24, 2.45) is 5.92 Å². The second kappa shape index (κ2) is 8.82. The maximum Gasteiger partial charge on any atom is 0.228 e. The van der Waals surface area contributed by atoms with Crippen LogP contribution in [0, 0.1) is 5.92 Å². The van der Waals surface area contributed by atoms with E-state index >= 15 is 0 Å². The molecule has 1 atom stereocenters. The van der Waals surface area contributed by atoms with E-state index in [0.29, 0.717) is 18.1 Å². The Morgan fingerprint density at radius 1 is 0.903 bits per heavy atom. The van der Waals surface area contributed by atoms with Crippen LogP contribution in [0.3, 0.4) is 0 Å². The van der Waals surface area contributed by atoms with Crippen molar-refractivity contribution in [1.29, 1.82) is 0 Å². The molecule has 3 aliphatic rings. The lowest BCUT2D eigenvalue weighted by Crippen LogP contribution is -2.52. The molecule has 0 spiro atoms. The molecule has 0 aliphatic carbocycles. The second-order valence-electron chi connectivity index (χ2n) is 8.45. The number of carbonyl (C=O) groups is 2. The molecule has 4 heterocycles. The molecule has 8 nitrogen and oxygen atoms in total. The van der Waals surface area contributed by atoms with Gasteiger partial charge in [-0.05, 0) is 31.4 Å². The minimum Gasteiger partial charge on any atom is -0.368 e. The van der Waals surface area contributed by atoms with Crippen molar-refractivity contribution in [3.63, 3.8) is 0 Å². The van der Waals surface area contributed by atoms with Gasteiger partial charge in [0.15, 0.2) is 0 Å². The number of anilines is 3. The van der Waals surface area contributed by atoms with Crippen LogP contribution in [0.1, 0.15) is 25.7 Å². The number of hydrogen-bond donors (Lipinski definition) is 0. The number of carbonyl (C=O) groups excluding carboxylic acids is 2. The SMILES string of the molecule is O=C(C1CCCN(c2nnc(N3CCCC3=O)s2)C1)N1CCN(c2ccccc2)CC1. The Hall–Kier alpha value is -2.68. The predicted octanol–water partition coefficient (Wildman–Crippen LogP) is 2.23. The maximum atomic E-state index is 13.2. The summed E-state index contributed by atoms with van der Waals surface area (Å²) in [6, 6.07) is 10.4. The number of rotatable bonds is 4. The lowest BCUT2D eigenvalue weighted by molar-refractivity contribution is -0.136. The summed E-state index contributed by atoms with van der Waals surface area (Å²) in [4.78, 5) is 33.5. The Morgan fingerprint density at radius 3 is 2.42 bits per heavy atom. The summed E-state index contributed by atoms with van der Waals surface area (Å²) < 4.78 is 0. The van der Waals surface area contributed by atoms with E-state index in [2.05, 4.69) is 44.3 Å². The zero-order valence-electron chi connectivity index (χ0n) is 17.7. The number of piperazine rings is 1. The van der Waals surface area contributed by atoms with E-state index in [1.165, 1.54) is 17.0 Å². The first-order valence-corrected chi connectivity index (χ1v) is 12.0. The van der Waals surface area contributed by atoms with Crippen LogP contribution in [-0.4, -0.2) is 72.7 Å². The molecule has 1 unspecified atom stereocenters. The molecule has 0 saturated carbocycles. The fourth-order valence-corrected chi connectivity index (χ4v) is 5.65. The quantitative estimate of drug-likeness (QED) is 0.726. The smallest absolute Gasteiger partial charge is 0.228 e. The summed E-state index contributed by atoms with van der Waals surface area (Å²) in [6.07, 6.45) is 3.36. The van der Waals surface area contributed by atoms with Gasteiger partial charge in [-0.3, -0.25) is 14.5 Å². The second-order valence-corrected chi connectivity index (χ2v) is 9.38. The first-order chi connectivity index (χ1) is 15.2. The number of aromatic nitrogens is 2. The van der Waals surface area contributed by atoms with E-state index < -0.39 is 0 Å². The number of hydrogen-bond acceptors (Lipinski definition) is 7. The average molecular weight is 441 g/mol. The minimum atomic E-state index is -0.00204. The molecular weight excluding hydrogens is 412 g/mol. The molecule has 0 bridgehead atoms. The molecule has 5 rings (SSSR count). The van der Waals surface area contributed by atoms with Crippen molar-refractivity contribution in [2.75, 3.05) is 60.5 Å². The largest absolute Gasteiger partial charge is 0.368 e. The van der Waals surface area contributed by atoms with Crippen LogP contribution in [0.2, 0.25) is 0 Å². The van der Waals surface area contributed by atoms with Gasteiger partial charge in [-0.1, -0.05) is 29.5 Å². The van der Waals surface area contributed by atoms with Gasteiger partial charge in [-0.15, -0.1) is 10.2 Å². The molecule has 2 amide bonds. The fraction of sp³-hybridized carbons (Fsp3) is 0.545. The summed E-state index contributed by atoms with van der Waals surface area (Å²) in [5.74, 6) is 0.388. The molecule has 0 N–H and O–H groups in total. The van der Waals surface area contributed by atoms with Gasteiger partial charge < -0.3 is 14.7 Å². The zero-order chi connectivity index (χ0) is 21.2. The Kier molecular flexibility index (Phi) is 5.76. The zero-order valence-corrected chi connectivity index (χ0v) is 18.5. The van der Waals surface area contributed by atoms with Gasteiger partial charge in [0, 0.05) is 57.9 Å². The number of para-hydroxylation sites is 1. The van der Waals surface area contributed by atoms with Crippen LogP contribution in [0.5, 0.6) is 0 Å². The molecular formula is C22H28N6O2S. The van der Waals surface area contributed by atoms with Gasteiger partial charge in [0.05, 0.1) is 5.92 Å². The highest BCUT2D eigenvalue weighted by Crippen LogP contribution is 2.32. The molecule has 1 aromatic heterocycles. The van der Waals surface area contributed by atoms with Crippen LogP contribution in [-0.2, 0) is 9.59 Å². The van der Waals surface area contributed by atoms with E-state index in [4.69, 9.17) is 0 Å². The van der Waals surface area contributed by atoms with Crippen LogP contribution in [0.4, 0.5) is 16.0 Å². The normalized spacial score (nSPS) is 22.3. The highest BCUT2D eigenvalue weighted by Gasteiger charge is 2.33. The molecule has 3 aliphatic heterocycles. The van der Waals surface area contributed by atoms with E-state index in [-0.39, 0.29) is 17.7 Å². The number of benzene rings is 1. The highest BCUT2D eigenvalue weighted by atomic mass is 32.1. The topological polar surface area (TPSA) is 72.9 Å². The van der Waals surface area contributed by atoms with E-state index in [1.54, 1.807) is 4.90 Å². The predicted molar refractivity (Wildman–Crippen MR) is 122 cm³/mol. The third-order valence-electron chi connectivity index (χ3n) is 6.46. The number of amides is 2. The summed E-state index contributed by atoms with van der Waals surface area (Å²) in [5, 5.41) is 10.1. The molecule has 9 heteroatoms. The number of piperidine rings is 1. The van der Waals surface area contributed by atoms with Crippen molar-refractivity contribution in [3.05, 3.63) is 30.3 Å². The Labute approximate surface area is 186 Å². The van der Waals surface area contributed by atoms with E-state index in [0.717, 1.165) is 63.7 Å². The van der Waals surface area contributed by atoms with Crippen LogP contribution >= 0.6 is 11.3 Å². The molecule has 2 aromatic rings. The Morgan fingerprint density at radius 2 is 1.68 bits per heavy atom. The van der Waals surface area contributed by atoms with Crippen molar-refractivity contribution < 1.29 is 9.59 Å². The average Bonchev–Trinajstić information content (AvgIpc) is 3.48. The van der Waals surface area contributed by atoms with Crippen molar-refractivity contribution in [2.45, 2.75) is 25.7 Å². The van der Waals surface area contributed by atoms with Crippen molar-refractivity contribution in [1.82, 2.24) is 15.1 Å². The lowest BCUT2D eigenvalue weighted by atomic mass is 9.96. The minimum absolute atomic E-state index is 0.00204. The van der Waals surface area contributed by atoms with Gasteiger partial charge >= 0.3 is 0 Å². The third-order valence-corrected chi connectivity index (χ3v) is 7.47. The molecule has 0 radical (unpaired) electrons. The summed E-state index contributed by atoms with van der Waals surface area (Å²) in [7, 11) is 0. The first kappa shape index (κ1) is 20.2. The maximum absolute atomic E-state index is 13.2. The Bertz CT molecular complexity index is 927. The van der Waals surface area contributed by atoms with Gasteiger partial charge in [0.2, 0.25) is 22.1 Å². The van der Waals surface area contributed by atoms with Gasteiger partial charge in [-0.25, -0.2) is 0 Å².